The van der Waals surface area contributed by atoms with Crippen LogP contribution in [-0.4, -0.2) is 14.9 Å². The van der Waals surface area contributed by atoms with E-state index in [0.29, 0.717) is 0 Å². The second-order valence-corrected chi connectivity index (χ2v) is 4.63. The van der Waals surface area contributed by atoms with Crippen molar-refractivity contribution in [2.45, 2.75) is 39.6 Å². The van der Waals surface area contributed by atoms with Gasteiger partial charge in [-0.15, -0.1) is 0 Å². The summed E-state index contributed by atoms with van der Waals surface area (Å²) in [6.07, 6.45) is 2.94. The number of aryl methyl sites for hydroxylation is 1. The quantitative estimate of drug-likeness (QED) is 0.800. The van der Waals surface area contributed by atoms with E-state index in [-0.39, 0.29) is 6.61 Å². The van der Waals surface area contributed by atoms with Gasteiger partial charge in [0.15, 0.2) is 0 Å². The Morgan fingerprint density at radius 2 is 2.05 bits per heavy atom. The van der Waals surface area contributed by atoms with E-state index < -0.39 is 0 Å². The van der Waals surface area contributed by atoms with Crippen molar-refractivity contribution in [1.82, 2.24) is 15.1 Å². The van der Waals surface area contributed by atoms with Crippen LogP contribution in [0.3, 0.4) is 0 Å². The largest absolute Gasteiger partial charge is 0.392 e. The van der Waals surface area contributed by atoms with E-state index in [1.807, 2.05) is 35.1 Å². The summed E-state index contributed by atoms with van der Waals surface area (Å²) in [5, 5.41) is 16.8. The zero-order valence-electron chi connectivity index (χ0n) is 11.3. The van der Waals surface area contributed by atoms with Crippen molar-refractivity contribution in [2.24, 2.45) is 0 Å². The fraction of sp³-hybridized carbons (Fsp3) is 0.400. The third kappa shape index (κ3) is 3.91. The Hall–Kier alpha value is -1.65. The van der Waals surface area contributed by atoms with Crippen LogP contribution in [0.2, 0.25) is 0 Å². The summed E-state index contributed by atoms with van der Waals surface area (Å²) in [6.45, 7) is 4.81. The van der Waals surface area contributed by atoms with Crippen molar-refractivity contribution >= 4 is 0 Å². The molecule has 0 aliphatic rings. The first kappa shape index (κ1) is 13.8. The van der Waals surface area contributed by atoms with Crippen LogP contribution in [-0.2, 0) is 26.2 Å². The van der Waals surface area contributed by atoms with Gasteiger partial charge in [0.05, 0.1) is 12.3 Å². The van der Waals surface area contributed by atoms with E-state index in [0.717, 1.165) is 31.6 Å². The molecule has 0 atom stereocenters. The van der Waals surface area contributed by atoms with Gasteiger partial charge in [-0.1, -0.05) is 31.2 Å². The summed E-state index contributed by atoms with van der Waals surface area (Å²) in [5.74, 6) is 0. The average Bonchev–Trinajstić information content (AvgIpc) is 2.87. The number of nitrogens with zero attached hydrogens (tertiary/aromatic N) is 2. The molecule has 0 saturated heterocycles. The molecule has 1 heterocycles. The highest BCUT2D eigenvalue weighted by Crippen LogP contribution is 2.06. The maximum atomic E-state index is 9.10. The molecule has 1 aromatic heterocycles. The van der Waals surface area contributed by atoms with E-state index in [9.17, 15) is 0 Å². The summed E-state index contributed by atoms with van der Waals surface area (Å²) < 4.78 is 2.04. The van der Waals surface area contributed by atoms with Crippen LogP contribution in [0.1, 0.15) is 30.2 Å². The molecule has 4 nitrogen and oxygen atoms in total. The van der Waals surface area contributed by atoms with Crippen LogP contribution in [0.5, 0.6) is 0 Å². The predicted octanol–water partition coefficient (Wildman–Crippen LogP) is 2.08. The van der Waals surface area contributed by atoms with E-state index in [1.165, 1.54) is 11.3 Å². The highest BCUT2D eigenvalue weighted by atomic mass is 16.3. The lowest BCUT2D eigenvalue weighted by Crippen LogP contribution is -2.16. The first-order chi connectivity index (χ1) is 9.33. The number of hydrogen-bond acceptors (Lipinski definition) is 3. The lowest BCUT2D eigenvalue weighted by Gasteiger charge is -2.08. The molecule has 0 bridgehead atoms. The molecule has 0 saturated carbocycles. The SMILES string of the molecule is CCCn1nccc1CNCc1cccc(CO)c1. The van der Waals surface area contributed by atoms with Crippen molar-refractivity contribution in [2.75, 3.05) is 0 Å². The Morgan fingerprint density at radius 3 is 2.84 bits per heavy atom. The van der Waals surface area contributed by atoms with Gasteiger partial charge in [-0.05, 0) is 23.6 Å². The molecule has 0 radical (unpaired) electrons. The molecule has 0 spiro atoms. The van der Waals surface area contributed by atoms with Crippen LogP contribution in [0.4, 0.5) is 0 Å². The van der Waals surface area contributed by atoms with Gasteiger partial charge in [-0.25, -0.2) is 0 Å². The molecule has 19 heavy (non-hydrogen) atoms. The van der Waals surface area contributed by atoms with Gasteiger partial charge in [-0.2, -0.15) is 5.10 Å². The first-order valence-corrected chi connectivity index (χ1v) is 6.73. The average molecular weight is 259 g/mol. The molecule has 4 heteroatoms. The summed E-state index contributed by atoms with van der Waals surface area (Å²) in [4.78, 5) is 0. The Kier molecular flexibility index (Phi) is 5.12. The van der Waals surface area contributed by atoms with Crippen LogP contribution >= 0.6 is 0 Å². The molecule has 2 rings (SSSR count). The van der Waals surface area contributed by atoms with Crippen molar-refractivity contribution < 1.29 is 5.11 Å². The van der Waals surface area contributed by atoms with Gasteiger partial charge in [0.2, 0.25) is 0 Å². The lowest BCUT2D eigenvalue weighted by molar-refractivity contribution is 0.281. The van der Waals surface area contributed by atoms with Crippen molar-refractivity contribution in [1.29, 1.82) is 0 Å². The number of aliphatic hydroxyl groups is 1. The fourth-order valence-corrected chi connectivity index (χ4v) is 2.10. The van der Waals surface area contributed by atoms with Crippen LogP contribution in [0.25, 0.3) is 0 Å². The van der Waals surface area contributed by atoms with E-state index >= 15 is 0 Å². The molecule has 0 unspecified atom stereocenters. The van der Waals surface area contributed by atoms with Crippen molar-refractivity contribution in [3.63, 3.8) is 0 Å². The highest BCUT2D eigenvalue weighted by Gasteiger charge is 2.01. The van der Waals surface area contributed by atoms with Crippen molar-refractivity contribution in [3.05, 3.63) is 53.3 Å². The number of rotatable bonds is 7. The monoisotopic (exact) mass is 259 g/mol. The number of aromatic nitrogens is 2. The van der Waals surface area contributed by atoms with Crippen molar-refractivity contribution in [3.8, 4) is 0 Å². The molecule has 0 aliphatic carbocycles. The molecule has 0 aliphatic heterocycles. The third-order valence-corrected chi connectivity index (χ3v) is 3.05. The highest BCUT2D eigenvalue weighted by molar-refractivity contribution is 5.22. The number of nitrogens with one attached hydrogen (secondary N) is 1. The smallest absolute Gasteiger partial charge is 0.0681 e. The van der Waals surface area contributed by atoms with E-state index in [2.05, 4.69) is 23.4 Å². The maximum Gasteiger partial charge on any atom is 0.0681 e. The number of hydrogen-bond donors (Lipinski definition) is 2. The maximum absolute atomic E-state index is 9.10. The minimum atomic E-state index is 0.0944. The van der Waals surface area contributed by atoms with E-state index in [1.54, 1.807) is 0 Å². The fourth-order valence-electron chi connectivity index (χ4n) is 2.10. The normalized spacial score (nSPS) is 10.8. The van der Waals surface area contributed by atoms with Crippen LogP contribution in [0.15, 0.2) is 36.5 Å². The van der Waals surface area contributed by atoms with Gasteiger partial charge < -0.3 is 10.4 Å². The minimum Gasteiger partial charge on any atom is -0.392 e. The minimum absolute atomic E-state index is 0.0944. The summed E-state index contributed by atoms with van der Waals surface area (Å²) >= 11 is 0. The third-order valence-electron chi connectivity index (χ3n) is 3.05. The molecule has 2 N–H and O–H groups in total. The second kappa shape index (κ2) is 7.07. The predicted molar refractivity (Wildman–Crippen MR) is 75.4 cm³/mol. The summed E-state index contributed by atoms with van der Waals surface area (Å²) in [7, 11) is 0. The second-order valence-electron chi connectivity index (χ2n) is 4.63. The lowest BCUT2D eigenvalue weighted by atomic mass is 10.1. The summed E-state index contributed by atoms with van der Waals surface area (Å²) in [6, 6.07) is 10.0. The van der Waals surface area contributed by atoms with Crippen LogP contribution in [0, 0.1) is 0 Å². The van der Waals surface area contributed by atoms with Gasteiger partial charge in [0, 0.05) is 25.8 Å². The Labute approximate surface area is 114 Å². The van der Waals surface area contributed by atoms with Gasteiger partial charge in [-0.3, -0.25) is 4.68 Å². The molecular weight excluding hydrogens is 238 g/mol. The van der Waals surface area contributed by atoms with E-state index in [4.69, 9.17) is 5.11 Å². The Morgan fingerprint density at radius 1 is 1.21 bits per heavy atom. The Balaban J connectivity index is 1.87. The molecule has 1 aromatic carbocycles. The summed E-state index contributed by atoms with van der Waals surface area (Å²) in [5.41, 5.74) is 3.35. The molecule has 102 valence electrons. The molecule has 2 aromatic rings. The first-order valence-electron chi connectivity index (χ1n) is 6.73. The molecule has 0 amide bonds. The van der Waals surface area contributed by atoms with Gasteiger partial charge in [0.25, 0.3) is 0 Å². The molecule has 0 fully saturated rings. The number of aliphatic hydroxyl groups excluding tert-OH is 1. The molecular formula is C15H21N3O. The standard InChI is InChI=1S/C15H21N3O/c1-2-8-18-15(6-7-17-18)11-16-10-13-4-3-5-14(9-13)12-19/h3-7,9,16,19H,2,8,10-12H2,1H3. The van der Waals surface area contributed by atoms with Crippen LogP contribution < -0.4 is 5.32 Å². The van der Waals surface area contributed by atoms with Gasteiger partial charge >= 0.3 is 0 Å². The Bertz CT molecular complexity index is 508. The zero-order chi connectivity index (χ0) is 13.5. The topological polar surface area (TPSA) is 50.1 Å². The van der Waals surface area contributed by atoms with Gasteiger partial charge in [0.1, 0.15) is 0 Å². The number of benzene rings is 1. The zero-order valence-corrected chi connectivity index (χ0v) is 11.3.